The number of aromatic nitrogens is 2. The predicted molar refractivity (Wildman–Crippen MR) is 222 cm³/mol. The van der Waals surface area contributed by atoms with Crippen LogP contribution in [-0.4, -0.2) is 9.97 Å². The number of hydrogen-bond acceptors (Lipinski definition) is 2. The Labute approximate surface area is 301 Å². The molecule has 0 aliphatic carbocycles. The van der Waals surface area contributed by atoms with Gasteiger partial charge in [0, 0.05) is 29.7 Å². The minimum absolute atomic E-state index is 0.182. The van der Waals surface area contributed by atoms with E-state index in [1.54, 1.807) is 0 Å². The van der Waals surface area contributed by atoms with Crippen molar-refractivity contribution < 1.29 is 0 Å². The van der Waals surface area contributed by atoms with Gasteiger partial charge >= 0.3 is 0 Å². The summed E-state index contributed by atoms with van der Waals surface area (Å²) in [5.41, 5.74) is 6.30. The number of rotatable bonds is 0. The first kappa shape index (κ1) is 51.6. The van der Waals surface area contributed by atoms with Crippen LogP contribution in [0, 0.1) is 0 Å². The lowest BCUT2D eigenvalue weighted by Gasteiger charge is -2.18. The van der Waals surface area contributed by atoms with Gasteiger partial charge in [0.15, 0.2) is 0 Å². The summed E-state index contributed by atoms with van der Waals surface area (Å²) < 4.78 is 0. The molecule has 0 amide bonds. The molecule has 0 aliphatic rings. The fraction of sp³-hybridized carbons (Fsp3) is 0.522. The molecule has 2 heteroatoms. The zero-order chi connectivity index (χ0) is 38.5. The van der Waals surface area contributed by atoms with Crippen molar-refractivity contribution in [3.05, 3.63) is 132 Å². The van der Waals surface area contributed by atoms with Gasteiger partial charge in [-0.1, -0.05) is 205 Å². The maximum Gasteiger partial charge on any atom is 0.0457 e. The quantitative estimate of drug-likeness (QED) is 0.188. The number of nitrogens with zero attached hydrogens (tertiary/aromatic N) is 2. The Morgan fingerprint density at radius 3 is 0.792 bits per heavy atom. The molecule has 0 spiro atoms. The standard InChI is InChI=1S/2C10H14.2C9H13N.4C2H6/c2*1-10(2,3)9-7-5-4-6-8-9;1-9(2,3)8-4-6-10-7-5-8;1-9(2,3)8-6-4-5-7-10-8;4*1-2/h2*4-8H,1-3H3;2*4-7H,1-3H3;4*1-2H3. The van der Waals surface area contributed by atoms with Gasteiger partial charge < -0.3 is 0 Å². The Balaban J connectivity index is -0.000000251. The minimum atomic E-state index is 0.182. The Morgan fingerprint density at radius 2 is 0.604 bits per heavy atom. The highest BCUT2D eigenvalue weighted by Gasteiger charge is 2.14. The van der Waals surface area contributed by atoms with Crippen molar-refractivity contribution >= 4 is 0 Å². The van der Waals surface area contributed by atoms with E-state index >= 15 is 0 Å². The Bertz CT molecular complexity index is 974. The van der Waals surface area contributed by atoms with Crippen LogP contribution in [0.4, 0.5) is 0 Å². The molecule has 0 N–H and O–H groups in total. The smallest absolute Gasteiger partial charge is 0.0457 e. The first-order valence-corrected chi connectivity index (χ1v) is 18.4. The lowest BCUT2D eigenvalue weighted by atomic mass is 9.87. The molecule has 2 aromatic carbocycles. The zero-order valence-corrected chi connectivity index (χ0v) is 35.3. The molecule has 2 heterocycles. The molecule has 0 aliphatic heterocycles. The molecule has 2 aromatic heterocycles. The van der Waals surface area contributed by atoms with Crippen LogP contribution in [0.3, 0.4) is 0 Å². The molecule has 4 rings (SSSR count). The van der Waals surface area contributed by atoms with Crippen molar-refractivity contribution in [3.8, 4) is 0 Å². The molecule has 272 valence electrons. The first-order chi connectivity index (χ1) is 22.4. The van der Waals surface area contributed by atoms with Crippen LogP contribution < -0.4 is 0 Å². The average Bonchev–Trinajstić information content (AvgIpc) is 3.09. The number of hydrogen-bond donors (Lipinski definition) is 0. The molecule has 0 unspecified atom stereocenters. The van der Waals surface area contributed by atoms with Gasteiger partial charge in [0.1, 0.15) is 0 Å². The Kier molecular flexibility index (Phi) is 30.9. The van der Waals surface area contributed by atoms with Crippen molar-refractivity contribution in [2.24, 2.45) is 0 Å². The maximum absolute atomic E-state index is 4.25. The summed E-state index contributed by atoms with van der Waals surface area (Å²) in [6, 6.07) is 31.2. The average molecular weight is 659 g/mol. The molecule has 0 radical (unpaired) electrons. The number of pyridine rings is 2. The minimum Gasteiger partial charge on any atom is -0.265 e. The summed E-state index contributed by atoms with van der Waals surface area (Å²) in [5.74, 6) is 0. The lowest BCUT2D eigenvalue weighted by Crippen LogP contribution is -2.12. The van der Waals surface area contributed by atoms with Gasteiger partial charge in [-0.15, -0.1) is 0 Å². The normalized spacial score (nSPS) is 10.1. The Morgan fingerprint density at radius 1 is 0.312 bits per heavy atom. The van der Waals surface area contributed by atoms with Gasteiger partial charge in [0.05, 0.1) is 0 Å². The van der Waals surface area contributed by atoms with E-state index in [9.17, 15) is 0 Å². The van der Waals surface area contributed by atoms with E-state index < -0.39 is 0 Å². The maximum atomic E-state index is 4.25. The van der Waals surface area contributed by atoms with E-state index in [0.717, 1.165) is 5.69 Å². The zero-order valence-electron chi connectivity index (χ0n) is 35.3. The van der Waals surface area contributed by atoms with E-state index in [4.69, 9.17) is 0 Å². The first-order valence-electron chi connectivity index (χ1n) is 18.4. The molecule has 0 bridgehead atoms. The van der Waals surface area contributed by atoms with Crippen LogP contribution in [0.2, 0.25) is 0 Å². The van der Waals surface area contributed by atoms with Gasteiger partial charge in [-0.25, -0.2) is 0 Å². The summed E-state index contributed by atoms with van der Waals surface area (Å²) in [6.07, 6.45) is 5.50. The second-order valence-corrected chi connectivity index (χ2v) is 14.2. The summed E-state index contributed by atoms with van der Waals surface area (Å²) in [7, 11) is 0. The van der Waals surface area contributed by atoms with Crippen LogP contribution >= 0.6 is 0 Å². The van der Waals surface area contributed by atoms with Crippen LogP contribution in [0.25, 0.3) is 0 Å². The summed E-state index contributed by atoms with van der Waals surface area (Å²) in [4.78, 5) is 8.21. The van der Waals surface area contributed by atoms with Crippen LogP contribution in [0.5, 0.6) is 0 Å². The third-order valence-electron chi connectivity index (χ3n) is 6.26. The predicted octanol–water partition coefficient (Wildman–Crippen LogP) is 14.8. The second kappa shape index (κ2) is 28.7. The third-order valence-corrected chi connectivity index (χ3v) is 6.26. The highest BCUT2D eigenvalue weighted by atomic mass is 14.7. The monoisotopic (exact) mass is 659 g/mol. The van der Waals surface area contributed by atoms with E-state index in [-0.39, 0.29) is 10.8 Å². The molecule has 0 saturated carbocycles. The molecule has 2 nitrogen and oxygen atoms in total. The van der Waals surface area contributed by atoms with Gasteiger partial charge in [-0.3, -0.25) is 9.97 Å². The topological polar surface area (TPSA) is 25.8 Å². The van der Waals surface area contributed by atoms with Crippen molar-refractivity contribution in [2.45, 2.75) is 160 Å². The molecular formula is C46H78N2. The van der Waals surface area contributed by atoms with Gasteiger partial charge in [-0.2, -0.15) is 0 Å². The molecule has 0 atom stereocenters. The summed E-state index contributed by atoms with van der Waals surface area (Å²) >= 11 is 0. The largest absolute Gasteiger partial charge is 0.265 e. The van der Waals surface area contributed by atoms with E-state index in [2.05, 4.69) is 172 Å². The number of benzene rings is 2. The molecule has 48 heavy (non-hydrogen) atoms. The van der Waals surface area contributed by atoms with Crippen LogP contribution in [-0.2, 0) is 21.7 Å². The summed E-state index contributed by atoms with van der Waals surface area (Å²) in [5, 5.41) is 0. The van der Waals surface area contributed by atoms with E-state index in [0.29, 0.717) is 10.8 Å². The summed E-state index contributed by atoms with van der Waals surface area (Å²) in [6.45, 7) is 42.4. The van der Waals surface area contributed by atoms with Crippen molar-refractivity contribution in [2.75, 3.05) is 0 Å². The second-order valence-electron chi connectivity index (χ2n) is 14.2. The fourth-order valence-corrected chi connectivity index (χ4v) is 3.53. The highest BCUT2D eigenvalue weighted by molar-refractivity contribution is 5.23. The van der Waals surface area contributed by atoms with Crippen molar-refractivity contribution in [3.63, 3.8) is 0 Å². The van der Waals surface area contributed by atoms with Crippen LogP contribution in [0.15, 0.2) is 110 Å². The van der Waals surface area contributed by atoms with Gasteiger partial charge in [0.25, 0.3) is 0 Å². The molecule has 4 aromatic rings. The SMILES string of the molecule is CC.CC.CC.CC.CC(C)(C)c1ccccc1.CC(C)(C)c1ccccc1.CC(C)(C)c1ccccn1.CC(C)(C)c1ccncc1. The van der Waals surface area contributed by atoms with E-state index in [1.807, 2.05) is 86.1 Å². The molecular weight excluding hydrogens is 581 g/mol. The van der Waals surface area contributed by atoms with Gasteiger partial charge in [0.2, 0.25) is 0 Å². The fourth-order valence-electron chi connectivity index (χ4n) is 3.53. The highest BCUT2D eigenvalue weighted by Crippen LogP contribution is 2.22. The Hall–Kier alpha value is -3.26. The third kappa shape index (κ3) is 26.8. The molecule has 0 fully saturated rings. The van der Waals surface area contributed by atoms with E-state index in [1.165, 1.54) is 16.7 Å². The van der Waals surface area contributed by atoms with Crippen LogP contribution in [0.1, 0.15) is 161 Å². The molecule has 0 saturated heterocycles. The van der Waals surface area contributed by atoms with Crippen molar-refractivity contribution in [1.82, 2.24) is 9.97 Å². The van der Waals surface area contributed by atoms with Crippen molar-refractivity contribution in [1.29, 1.82) is 0 Å². The van der Waals surface area contributed by atoms with Gasteiger partial charge in [-0.05, 0) is 57.2 Å². The lowest BCUT2D eigenvalue weighted by molar-refractivity contribution is 0.569.